The van der Waals surface area contributed by atoms with Gasteiger partial charge in [0, 0.05) is 42.5 Å². The van der Waals surface area contributed by atoms with E-state index in [4.69, 9.17) is 11.6 Å². The Morgan fingerprint density at radius 3 is 2.48 bits per heavy atom. The Morgan fingerprint density at radius 2 is 1.76 bits per heavy atom. The van der Waals surface area contributed by atoms with E-state index in [1.807, 2.05) is 17.0 Å². The van der Waals surface area contributed by atoms with Crippen LogP contribution in [0.1, 0.15) is 11.3 Å². The van der Waals surface area contributed by atoms with E-state index in [1.165, 1.54) is 18.5 Å². The van der Waals surface area contributed by atoms with Gasteiger partial charge in [0.15, 0.2) is 0 Å². The van der Waals surface area contributed by atoms with Crippen molar-refractivity contribution in [3.8, 4) is 0 Å². The Balaban J connectivity index is 1.40. The van der Waals surface area contributed by atoms with Crippen molar-refractivity contribution >= 4 is 40.8 Å². The first-order valence-electron chi connectivity index (χ1n) is 10.5. The molecular weight excluding hydrogens is 464 g/mol. The molecule has 2 aromatic heterocycles. The van der Waals surface area contributed by atoms with Crippen LogP contribution in [0.25, 0.3) is 10.8 Å². The standard InChI is InChI=1S/C23H20ClFN5O2P/c24-16-13-26-23(27-14-16)30-7-9-33(32,10-8-30)21-12-15(5-6-19(21)25)11-20-17-3-1-2-4-18(17)22(31)29-28-20/h1-6,12-14H,7-11H2,(H,29,31). The number of benzene rings is 2. The van der Waals surface area contributed by atoms with Crippen molar-refractivity contribution in [2.24, 2.45) is 0 Å². The molecule has 33 heavy (non-hydrogen) atoms. The first-order valence-corrected chi connectivity index (χ1v) is 12.9. The molecule has 3 heterocycles. The molecule has 0 saturated carbocycles. The molecule has 0 unspecified atom stereocenters. The molecule has 1 fully saturated rings. The maximum absolute atomic E-state index is 14.8. The van der Waals surface area contributed by atoms with Gasteiger partial charge >= 0.3 is 0 Å². The van der Waals surface area contributed by atoms with Gasteiger partial charge in [0.05, 0.1) is 28.5 Å². The Morgan fingerprint density at radius 1 is 1.06 bits per heavy atom. The summed E-state index contributed by atoms with van der Waals surface area (Å²) in [5.41, 5.74) is 1.21. The van der Waals surface area contributed by atoms with Gasteiger partial charge < -0.3 is 9.46 Å². The Labute approximate surface area is 194 Å². The minimum absolute atomic E-state index is 0.255. The molecule has 0 bridgehead atoms. The molecule has 1 saturated heterocycles. The number of aromatic nitrogens is 4. The summed E-state index contributed by atoms with van der Waals surface area (Å²) in [6.07, 6.45) is 4.10. The average molecular weight is 484 g/mol. The molecule has 1 aliphatic rings. The van der Waals surface area contributed by atoms with Gasteiger partial charge in [0.25, 0.3) is 5.56 Å². The van der Waals surface area contributed by atoms with E-state index < -0.39 is 13.0 Å². The summed E-state index contributed by atoms with van der Waals surface area (Å²) in [5.74, 6) is 0.0634. The average Bonchev–Trinajstić information content (AvgIpc) is 2.83. The third-order valence-electron chi connectivity index (χ3n) is 5.95. The zero-order valence-corrected chi connectivity index (χ0v) is 19.2. The number of anilines is 1. The molecule has 0 radical (unpaired) electrons. The van der Waals surface area contributed by atoms with Gasteiger partial charge in [-0.15, -0.1) is 0 Å². The molecule has 4 aromatic rings. The zero-order valence-electron chi connectivity index (χ0n) is 17.5. The van der Waals surface area contributed by atoms with Crippen LogP contribution < -0.4 is 15.8 Å². The molecule has 0 aliphatic carbocycles. The lowest BCUT2D eigenvalue weighted by atomic mass is 10.0. The van der Waals surface area contributed by atoms with E-state index in [1.54, 1.807) is 24.3 Å². The lowest BCUT2D eigenvalue weighted by Gasteiger charge is -2.32. The second-order valence-electron chi connectivity index (χ2n) is 8.03. The molecule has 7 nitrogen and oxygen atoms in total. The molecule has 1 N–H and O–H groups in total. The van der Waals surface area contributed by atoms with Crippen LogP contribution in [0.5, 0.6) is 0 Å². The predicted molar refractivity (Wildman–Crippen MR) is 128 cm³/mol. The molecule has 10 heteroatoms. The van der Waals surface area contributed by atoms with Crippen molar-refractivity contribution in [1.29, 1.82) is 0 Å². The summed E-state index contributed by atoms with van der Waals surface area (Å²) in [6.45, 7) is 0.934. The van der Waals surface area contributed by atoms with Crippen molar-refractivity contribution in [3.63, 3.8) is 0 Å². The molecule has 168 valence electrons. The third kappa shape index (κ3) is 4.28. The van der Waals surface area contributed by atoms with Crippen LogP contribution in [-0.4, -0.2) is 45.6 Å². The third-order valence-corrected chi connectivity index (χ3v) is 9.21. The fourth-order valence-electron chi connectivity index (χ4n) is 4.18. The fourth-order valence-corrected chi connectivity index (χ4v) is 6.97. The van der Waals surface area contributed by atoms with Crippen LogP contribution in [-0.2, 0) is 11.0 Å². The van der Waals surface area contributed by atoms with Gasteiger partial charge in [-0.1, -0.05) is 35.9 Å². The Bertz CT molecular complexity index is 1430. The number of rotatable bonds is 4. The minimum Gasteiger partial charge on any atom is -0.340 e. The largest absolute Gasteiger partial charge is 0.340 e. The number of halogens is 2. The van der Waals surface area contributed by atoms with Gasteiger partial charge in [-0.2, -0.15) is 5.10 Å². The molecule has 0 amide bonds. The van der Waals surface area contributed by atoms with E-state index >= 15 is 0 Å². The topological polar surface area (TPSA) is 91.8 Å². The summed E-state index contributed by atoms with van der Waals surface area (Å²) < 4.78 is 28.6. The lowest BCUT2D eigenvalue weighted by Crippen LogP contribution is -2.38. The van der Waals surface area contributed by atoms with Crippen LogP contribution in [0.3, 0.4) is 0 Å². The van der Waals surface area contributed by atoms with Crippen molar-refractivity contribution < 1.29 is 8.96 Å². The van der Waals surface area contributed by atoms with Gasteiger partial charge in [0.2, 0.25) is 5.95 Å². The SMILES string of the molecule is O=c1[nH]nc(Cc2ccc(F)c(P3(=O)CCN(c4ncc(Cl)cn4)CC3)c2)c2ccccc12. The van der Waals surface area contributed by atoms with Crippen LogP contribution >= 0.6 is 18.7 Å². The van der Waals surface area contributed by atoms with E-state index in [2.05, 4.69) is 20.2 Å². The summed E-state index contributed by atoms with van der Waals surface area (Å²) in [7, 11) is -2.93. The highest BCUT2D eigenvalue weighted by molar-refractivity contribution is 7.71. The Kier molecular flexibility index (Phi) is 5.72. The zero-order chi connectivity index (χ0) is 23.0. The minimum atomic E-state index is -2.93. The number of hydrogen-bond donors (Lipinski definition) is 1. The van der Waals surface area contributed by atoms with E-state index in [9.17, 15) is 13.8 Å². The number of nitrogens with zero attached hydrogens (tertiary/aromatic N) is 4. The van der Waals surface area contributed by atoms with Crippen molar-refractivity contribution in [2.45, 2.75) is 6.42 Å². The highest BCUT2D eigenvalue weighted by Crippen LogP contribution is 2.47. The summed E-state index contributed by atoms with van der Waals surface area (Å²) in [6, 6.07) is 12.0. The van der Waals surface area contributed by atoms with Crippen molar-refractivity contribution in [2.75, 3.05) is 30.3 Å². The van der Waals surface area contributed by atoms with Crippen LogP contribution in [0.4, 0.5) is 10.3 Å². The van der Waals surface area contributed by atoms with Crippen molar-refractivity contribution in [3.05, 3.63) is 87.3 Å². The maximum Gasteiger partial charge on any atom is 0.272 e. The van der Waals surface area contributed by atoms with Gasteiger partial charge in [-0.25, -0.2) is 19.5 Å². The van der Waals surface area contributed by atoms with Gasteiger partial charge in [0.1, 0.15) is 13.0 Å². The number of fused-ring (bicyclic) bond motifs is 1. The summed E-state index contributed by atoms with van der Waals surface area (Å²) >= 11 is 5.85. The first-order chi connectivity index (χ1) is 15.9. The smallest absolute Gasteiger partial charge is 0.272 e. The molecular formula is C23H20ClFN5O2P. The quantitative estimate of drug-likeness (QED) is 0.446. The number of H-pyrrole nitrogens is 1. The van der Waals surface area contributed by atoms with E-state index in [0.29, 0.717) is 53.9 Å². The number of nitrogens with one attached hydrogen (secondary N) is 1. The maximum atomic E-state index is 14.8. The fraction of sp³-hybridized carbons (Fsp3) is 0.217. The summed E-state index contributed by atoms with van der Waals surface area (Å²) in [4.78, 5) is 22.4. The molecule has 0 atom stereocenters. The van der Waals surface area contributed by atoms with Crippen LogP contribution in [0, 0.1) is 5.82 Å². The second-order valence-corrected chi connectivity index (χ2v) is 11.6. The van der Waals surface area contributed by atoms with Gasteiger partial charge in [-0.05, 0) is 23.8 Å². The molecule has 2 aromatic carbocycles. The lowest BCUT2D eigenvalue weighted by molar-refractivity contribution is 0.570. The first kappa shape index (κ1) is 21.7. The molecule has 0 spiro atoms. The predicted octanol–water partition coefficient (Wildman–Crippen LogP) is 3.61. The normalized spacial score (nSPS) is 15.6. The number of aromatic amines is 1. The van der Waals surface area contributed by atoms with Crippen LogP contribution in [0.2, 0.25) is 5.02 Å². The highest BCUT2D eigenvalue weighted by Gasteiger charge is 2.33. The van der Waals surface area contributed by atoms with E-state index in [0.717, 1.165) is 10.9 Å². The van der Waals surface area contributed by atoms with Crippen molar-refractivity contribution in [1.82, 2.24) is 20.2 Å². The second kappa shape index (κ2) is 8.69. The number of hydrogen-bond acceptors (Lipinski definition) is 6. The summed E-state index contributed by atoms with van der Waals surface area (Å²) in [5, 5.41) is 8.74. The highest BCUT2D eigenvalue weighted by atomic mass is 35.5. The Hall–Kier alpha value is -3.09. The monoisotopic (exact) mass is 483 g/mol. The van der Waals surface area contributed by atoms with Gasteiger partial charge in [-0.3, -0.25) is 4.79 Å². The molecule has 5 rings (SSSR count). The van der Waals surface area contributed by atoms with E-state index in [-0.39, 0.29) is 10.9 Å². The molecule has 1 aliphatic heterocycles. The van der Waals surface area contributed by atoms with Crippen LogP contribution in [0.15, 0.2) is 59.7 Å².